The second-order valence-corrected chi connectivity index (χ2v) is 6.92. The van der Waals surface area contributed by atoms with Crippen molar-refractivity contribution in [3.05, 3.63) is 96.1 Å². The summed E-state index contributed by atoms with van der Waals surface area (Å²) in [6, 6.07) is 25.8. The third kappa shape index (κ3) is 3.79. The van der Waals surface area contributed by atoms with E-state index in [4.69, 9.17) is 0 Å². The van der Waals surface area contributed by atoms with Crippen LogP contribution in [0, 0.1) is 0 Å². The Morgan fingerprint density at radius 3 is 1.96 bits per heavy atom. The molecule has 0 amide bonds. The highest BCUT2D eigenvalue weighted by molar-refractivity contribution is 7.92. The summed E-state index contributed by atoms with van der Waals surface area (Å²) in [5.74, 6) is 0. The van der Waals surface area contributed by atoms with Crippen molar-refractivity contribution in [2.75, 3.05) is 4.72 Å². The number of rotatable bonds is 5. The molecular formula is C19H17NO2S. The molecule has 0 heterocycles. The van der Waals surface area contributed by atoms with Gasteiger partial charge in [0.25, 0.3) is 10.0 Å². The summed E-state index contributed by atoms with van der Waals surface area (Å²) in [7, 11) is -3.58. The molecular weight excluding hydrogens is 306 g/mol. The van der Waals surface area contributed by atoms with Gasteiger partial charge < -0.3 is 0 Å². The van der Waals surface area contributed by atoms with Crippen molar-refractivity contribution in [3.8, 4) is 0 Å². The highest BCUT2D eigenvalue weighted by atomic mass is 32.2. The molecule has 0 aliphatic rings. The molecule has 0 aliphatic carbocycles. The SMILES string of the molecule is O=S(=O)(Nc1ccccc1Cc1ccccc1)c1ccccc1. The van der Waals surface area contributed by atoms with Crippen molar-refractivity contribution in [1.29, 1.82) is 0 Å². The molecule has 0 unspecified atom stereocenters. The molecule has 23 heavy (non-hydrogen) atoms. The van der Waals surface area contributed by atoms with Crippen LogP contribution in [0.25, 0.3) is 0 Å². The van der Waals surface area contributed by atoms with Crippen LogP contribution in [0.1, 0.15) is 11.1 Å². The van der Waals surface area contributed by atoms with Crippen LogP contribution in [0.4, 0.5) is 5.69 Å². The number of anilines is 1. The molecule has 0 atom stereocenters. The topological polar surface area (TPSA) is 46.2 Å². The molecule has 3 nitrogen and oxygen atoms in total. The molecule has 1 N–H and O–H groups in total. The molecule has 0 fully saturated rings. The van der Waals surface area contributed by atoms with Gasteiger partial charge in [0.15, 0.2) is 0 Å². The highest BCUT2D eigenvalue weighted by Gasteiger charge is 2.15. The van der Waals surface area contributed by atoms with E-state index >= 15 is 0 Å². The number of sulfonamides is 1. The predicted octanol–water partition coefficient (Wildman–Crippen LogP) is 4.08. The monoisotopic (exact) mass is 323 g/mol. The van der Waals surface area contributed by atoms with Crippen molar-refractivity contribution in [1.82, 2.24) is 0 Å². The van der Waals surface area contributed by atoms with E-state index in [2.05, 4.69) is 4.72 Å². The lowest BCUT2D eigenvalue weighted by atomic mass is 10.0. The molecule has 116 valence electrons. The van der Waals surface area contributed by atoms with Crippen LogP contribution in [0.15, 0.2) is 89.8 Å². The van der Waals surface area contributed by atoms with Crippen LogP contribution >= 0.6 is 0 Å². The van der Waals surface area contributed by atoms with Crippen molar-refractivity contribution in [3.63, 3.8) is 0 Å². The van der Waals surface area contributed by atoms with Crippen molar-refractivity contribution < 1.29 is 8.42 Å². The van der Waals surface area contributed by atoms with E-state index in [0.717, 1.165) is 11.1 Å². The van der Waals surface area contributed by atoms with E-state index in [1.54, 1.807) is 36.4 Å². The van der Waals surface area contributed by atoms with Gasteiger partial charge in [0, 0.05) is 0 Å². The second-order valence-electron chi connectivity index (χ2n) is 5.24. The highest BCUT2D eigenvalue weighted by Crippen LogP contribution is 2.22. The van der Waals surface area contributed by atoms with Gasteiger partial charge in [0.1, 0.15) is 0 Å². The first-order valence-corrected chi connectivity index (χ1v) is 8.83. The van der Waals surface area contributed by atoms with Crippen molar-refractivity contribution >= 4 is 15.7 Å². The molecule has 3 aromatic rings. The van der Waals surface area contributed by atoms with E-state index in [-0.39, 0.29) is 4.90 Å². The molecule has 3 aromatic carbocycles. The molecule has 0 saturated carbocycles. The normalized spacial score (nSPS) is 11.1. The lowest BCUT2D eigenvalue weighted by Crippen LogP contribution is -2.14. The number of benzene rings is 3. The Hall–Kier alpha value is -2.59. The third-order valence-electron chi connectivity index (χ3n) is 3.55. The van der Waals surface area contributed by atoms with E-state index in [9.17, 15) is 8.42 Å². The minimum Gasteiger partial charge on any atom is -0.279 e. The average Bonchev–Trinajstić information content (AvgIpc) is 2.58. The molecule has 0 aromatic heterocycles. The molecule has 0 spiro atoms. The zero-order valence-electron chi connectivity index (χ0n) is 12.5. The maximum absolute atomic E-state index is 12.5. The first kappa shape index (κ1) is 15.3. The molecule has 0 radical (unpaired) electrons. The molecule has 0 bridgehead atoms. The third-order valence-corrected chi connectivity index (χ3v) is 4.93. The fourth-order valence-electron chi connectivity index (χ4n) is 2.39. The van der Waals surface area contributed by atoms with Gasteiger partial charge in [-0.15, -0.1) is 0 Å². The van der Waals surface area contributed by atoms with Gasteiger partial charge in [0.2, 0.25) is 0 Å². The summed E-state index contributed by atoms with van der Waals surface area (Å²) in [5.41, 5.74) is 2.69. The first-order valence-electron chi connectivity index (χ1n) is 7.35. The number of para-hydroxylation sites is 1. The summed E-state index contributed by atoms with van der Waals surface area (Å²) < 4.78 is 27.7. The summed E-state index contributed by atoms with van der Waals surface area (Å²) in [6.45, 7) is 0. The number of nitrogens with one attached hydrogen (secondary N) is 1. The van der Waals surface area contributed by atoms with Crippen LogP contribution in [-0.2, 0) is 16.4 Å². The van der Waals surface area contributed by atoms with Crippen LogP contribution < -0.4 is 4.72 Å². The van der Waals surface area contributed by atoms with Gasteiger partial charge in [0.05, 0.1) is 10.6 Å². The minimum atomic E-state index is -3.58. The molecule has 0 saturated heterocycles. The smallest absolute Gasteiger partial charge is 0.261 e. The standard InChI is InChI=1S/C19H17NO2S/c21-23(22,18-12-5-2-6-13-18)20-19-14-8-7-11-17(19)15-16-9-3-1-4-10-16/h1-14,20H,15H2. The van der Waals surface area contributed by atoms with Gasteiger partial charge in [-0.1, -0.05) is 66.7 Å². The molecule has 3 rings (SSSR count). The van der Waals surface area contributed by atoms with Gasteiger partial charge in [-0.2, -0.15) is 0 Å². The maximum atomic E-state index is 12.5. The summed E-state index contributed by atoms with van der Waals surface area (Å²) in [4.78, 5) is 0.259. The Bertz CT molecular complexity index is 876. The Morgan fingerprint density at radius 1 is 0.696 bits per heavy atom. The van der Waals surface area contributed by atoms with Gasteiger partial charge in [-0.25, -0.2) is 8.42 Å². The van der Waals surface area contributed by atoms with E-state index < -0.39 is 10.0 Å². The van der Waals surface area contributed by atoms with Crippen LogP contribution in [0.3, 0.4) is 0 Å². The lowest BCUT2D eigenvalue weighted by Gasteiger charge is -2.13. The van der Waals surface area contributed by atoms with E-state index in [1.165, 1.54) is 0 Å². The Labute approximate surface area is 136 Å². The lowest BCUT2D eigenvalue weighted by molar-refractivity contribution is 0.601. The fraction of sp³-hybridized carbons (Fsp3) is 0.0526. The molecule has 4 heteroatoms. The maximum Gasteiger partial charge on any atom is 0.261 e. The zero-order chi connectivity index (χ0) is 16.1. The zero-order valence-corrected chi connectivity index (χ0v) is 13.3. The van der Waals surface area contributed by atoms with Crippen LogP contribution in [-0.4, -0.2) is 8.42 Å². The summed E-state index contributed by atoms with van der Waals surface area (Å²) in [6.07, 6.45) is 0.675. The minimum absolute atomic E-state index is 0.259. The Balaban J connectivity index is 1.89. The predicted molar refractivity (Wildman–Crippen MR) is 92.9 cm³/mol. The Kier molecular flexibility index (Phi) is 4.44. The number of hydrogen-bond donors (Lipinski definition) is 1. The Morgan fingerprint density at radius 2 is 1.26 bits per heavy atom. The average molecular weight is 323 g/mol. The molecule has 0 aliphatic heterocycles. The van der Waals surface area contributed by atoms with Gasteiger partial charge >= 0.3 is 0 Å². The van der Waals surface area contributed by atoms with Crippen molar-refractivity contribution in [2.24, 2.45) is 0 Å². The quantitative estimate of drug-likeness (QED) is 0.769. The van der Waals surface area contributed by atoms with Crippen molar-refractivity contribution in [2.45, 2.75) is 11.3 Å². The van der Waals surface area contributed by atoms with Crippen LogP contribution in [0.5, 0.6) is 0 Å². The van der Waals surface area contributed by atoms with Gasteiger partial charge in [-0.3, -0.25) is 4.72 Å². The van der Waals surface area contributed by atoms with Gasteiger partial charge in [-0.05, 0) is 35.7 Å². The van der Waals surface area contributed by atoms with E-state index in [1.807, 2.05) is 48.5 Å². The second kappa shape index (κ2) is 6.67. The van der Waals surface area contributed by atoms with Crippen LogP contribution in [0.2, 0.25) is 0 Å². The summed E-state index contributed by atoms with van der Waals surface area (Å²) >= 11 is 0. The van der Waals surface area contributed by atoms with E-state index in [0.29, 0.717) is 12.1 Å². The number of hydrogen-bond acceptors (Lipinski definition) is 2. The summed E-state index contributed by atoms with van der Waals surface area (Å²) in [5, 5.41) is 0. The first-order chi connectivity index (χ1) is 11.1. The largest absolute Gasteiger partial charge is 0.279 e. The fourth-order valence-corrected chi connectivity index (χ4v) is 3.52.